The van der Waals surface area contributed by atoms with E-state index in [4.69, 9.17) is 16.3 Å². The van der Waals surface area contributed by atoms with Crippen LogP contribution in [0.25, 0.3) is 0 Å². The van der Waals surface area contributed by atoms with Gasteiger partial charge in [0.2, 0.25) is 11.7 Å². The standard InChI is InChI=1S/C20H17ClN2O6/c1-11(29-20(26)16-5-4-15(21)10-18(16)23(27)28)19(25)14-3-6-17-13(9-14)7-8-22(17)12(2)24/h3-6,9-11H,7-8H2,1-2H3. The number of nitrogens with zero attached hydrogens (tertiary/aromatic N) is 2. The van der Waals surface area contributed by atoms with Crippen LogP contribution in [-0.2, 0) is 16.0 Å². The lowest BCUT2D eigenvalue weighted by Gasteiger charge is -2.16. The maximum Gasteiger partial charge on any atom is 0.345 e. The number of amides is 1. The SMILES string of the molecule is CC(=O)N1CCc2cc(C(=O)C(C)OC(=O)c3ccc(Cl)cc3[N+](=O)[O-])ccc21. The molecule has 0 fully saturated rings. The second-order valence-electron chi connectivity index (χ2n) is 6.59. The zero-order valence-corrected chi connectivity index (χ0v) is 16.4. The van der Waals surface area contributed by atoms with Gasteiger partial charge in [0.25, 0.3) is 5.69 Å². The minimum absolute atomic E-state index is 0.0744. The number of nitro benzene ring substituents is 1. The third-order valence-corrected chi connectivity index (χ3v) is 4.90. The number of hydrogen-bond acceptors (Lipinski definition) is 6. The summed E-state index contributed by atoms with van der Waals surface area (Å²) in [5.74, 6) is -1.51. The molecule has 0 aromatic heterocycles. The smallest absolute Gasteiger partial charge is 0.345 e. The minimum Gasteiger partial charge on any atom is -0.450 e. The van der Waals surface area contributed by atoms with Gasteiger partial charge >= 0.3 is 5.97 Å². The fourth-order valence-electron chi connectivity index (χ4n) is 3.22. The fourth-order valence-corrected chi connectivity index (χ4v) is 3.39. The van der Waals surface area contributed by atoms with Gasteiger partial charge < -0.3 is 9.64 Å². The topological polar surface area (TPSA) is 107 Å². The van der Waals surface area contributed by atoms with Crippen molar-refractivity contribution in [2.45, 2.75) is 26.4 Å². The first kappa shape index (κ1) is 20.5. The molecule has 1 heterocycles. The third kappa shape index (κ3) is 4.12. The maximum atomic E-state index is 12.7. The van der Waals surface area contributed by atoms with E-state index in [1.807, 2.05) is 0 Å². The van der Waals surface area contributed by atoms with Crippen LogP contribution in [0.2, 0.25) is 5.02 Å². The Balaban J connectivity index is 1.77. The van der Waals surface area contributed by atoms with Gasteiger partial charge in [-0.1, -0.05) is 11.6 Å². The van der Waals surface area contributed by atoms with E-state index in [2.05, 4.69) is 0 Å². The van der Waals surface area contributed by atoms with Crippen LogP contribution in [0.5, 0.6) is 0 Å². The predicted octanol–water partition coefficient (Wildman–Crippen LogP) is 3.59. The molecule has 1 aliphatic heterocycles. The zero-order chi connectivity index (χ0) is 21.3. The second kappa shape index (κ2) is 8.00. The minimum atomic E-state index is -1.15. The molecule has 0 N–H and O–H groups in total. The normalized spacial score (nSPS) is 13.6. The van der Waals surface area contributed by atoms with Crippen LogP contribution in [0, 0.1) is 10.1 Å². The molecule has 9 heteroatoms. The number of carbonyl (C=O) groups excluding carboxylic acids is 3. The van der Waals surface area contributed by atoms with Crippen molar-refractivity contribution in [3.05, 3.63) is 68.2 Å². The number of ketones is 1. The quantitative estimate of drug-likeness (QED) is 0.319. The molecule has 1 aliphatic rings. The fraction of sp³-hybridized carbons (Fsp3) is 0.250. The van der Waals surface area contributed by atoms with Gasteiger partial charge in [0.15, 0.2) is 6.10 Å². The average molecular weight is 417 g/mol. The van der Waals surface area contributed by atoms with E-state index in [1.165, 1.54) is 26.0 Å². The highest BCUT2D eigenvalue weighted by atomic mass is 35.5. The third-order valence-electron chi connectivity index (χ3n) is 4.67. The number of benzene rings is 2. The van der Waals surface area contributed by atoms with Crippen LogP contribution >= 0.6 is 11.6 Å². The van der Waals surface area contributed by atoms with Crippen molar-refractivity contribution < 1.29 is 24.0 Å². The van der Waals surface area contributed by atoms with Gasteiger partial charge in [0, 0.05) is 35.8 Å². The zero-order valence-electron chi connectivity index (χ0n) is 15.7. The molecule has 8 nitrogen and oxygen atoms in total. The Morgan fingerprint density at radius 2 is 1.93 bits per heavy atom. The van der Waals surface area contributed by atoms with Crippen molar-refractivity contribution in [3.8, 4) is 0 Å². The lowest BCUT2D eigenvalue weighted by molar-refractivity contribution is -0.385. The van der Waals surface area contributed by atoms with Crippen molar-refractivity contribution in [1.82, 2.24) is 0 Å². The summed E-state index contributed by atoms with van der Waals surface area (Å²) >= 11 is 5.74. The van der Waals surface area contributed by atoms with E-state index in [0.29, 0.717) is 18.5 Å². The molecule has 150 valence electrons. The number of hydrogen-bond donors (Lipinski definition) is 0. The molecule has 1 unspecified atom stereocenters. The summed E-state index contributed by atoms with van der Waals surface area (Å²) in [6.45, 7) is 3.43. The molecular formula is C20H17ClN2O6. The van der Waals surface area contributed by atoms with Crippen LogP contribution in [0.4, 0.5) is 11.4 Å². The first-order valence-electron chi connectivity index (χ1n) is 8.79. The molecule has 0 saturated carbocycles. The van der Waals surface area contributed by atoms with Gasteiger partial charge in [-0.05, 0) is 49.2 Å². The molecule has 0 aliphatic carbocycles. The monoisotopic (exact) mass is 416 g/mol. The molecule has 1 amide bonds. The van der Waals surface area contributed by atoms with Crippen molar-refractivity contribution in [3.63, 3.8) is 0 Å². The van der Waals surface area contributed by atoms with Crippen molar-refractivity contribution >= 4 is 40.6 Å². The lowest BCUT2D eigenvalue weighted by atomic mass is 10.0. The molecule has 0 radical (unpaired) electrons. The molecule has 1 atom stereocenters. The van der Waals surface area contributed by atoms with Crippen molar-refractivity contribution in [1.29, 1.82) is 0 Å². The molecule has 2 aromatic carbocycles. The van der Waals surface area contributed by atoms with Crippen LogP contribution < -0.4 is 4.90 Å². The van der Waals surface area contributed by atoms with Gasteiger partial charge in [0.1, 0.15) is 5.56 Å². The Hall–Kier alpha value is -3.26. The van der Waals surface area contributed by atoms with Gasteiger partial charge in [0.05, 0.1) is 4.92 Å². The number of ether oxygens (including phenoxy) is 1. The molecule has 0 saturated heterocycles. The van der Waals surface area contributed by atoms with Gasteiger partial charge in [-0.25, -0.2) is 4.79 Å². The van der Waals surface area contributed by atoms with Crippen LogP contribution in [0.1, 0.15) is 40.1 Å². The molecule has 29 heavy (non-hydrogen) atoms. The number of halogens is 1. The molecule has 0 spiro atoms. The molecule has 3 rings (SSSR count). The van der Waals surface area contributed by atoms with Crippen LogP contribution in [0.15, 0.2) is 36.4 Å². The lowest BCUT2D eigenvalue weighted by Crippen LogP contribution is -2.26. The number of fused-ring (bicyclic) bond motifs is 1. The highest BCUT2D eigenvalue weighted by Crippen LogP contribution is 2.30. The first-order chi connectivity index (χ1) is 13.7. The Kier molecular flexibility index (Phi) is 5.65. The summed E-state index contributed by atoms with van der Waals surface area (Å²) in [6.07, 6.45) is -0.526. The maximum absolute atomic E-state index is 12.7. The van der Waals surface area contributed by atoms with E-state index in [9.17, 15) is 24.5 Å². The van der Waals surface area contributed by atoms with Crippen molar-refractivity contribution in [2.24, 2.45) is 0 Å². The Morgan fingerprint density at radius 1 is 1.21 bits per heavy atom. The van der Waals surface area contributed by atoms with Gasteiger partial charge in [-0.3, -0.25) is 19.7 Å². The largest absolute Gasteiger partial charge is 0.450 e. The molecular weight excluding hydrogens is 400 g/mol. The van der Waals surface area contributed by atoms with Crippen LogP contribution in [-0.4, -0.2) is 35.2 Å². The Labute approximate surface area is 171 Å². The van der Waals surface area contributed by atoms with Crippen molar-refractivity contribution in [2.75, 3.05) is 11.4 Å². The van der Waals surface area contributed by atoms with Crippen LogP contribution in [0.3, 0.4) is 0 Å². The molecule has 2 aromatic rings. The van der Waals surface area contributed by atoms with E-state index in [1.54, 1.807) is 23.1 Å². The summed E-state index contributed by atoms with van der Waals surface area (Å²) < 4.78 is 5.16. The number of nitro groups is 1. The van der Waals surface area contributed by atoms with E-state index in [0.717, 1.165) is 17.3 Å². The number of rotatable bonds is 5. The summed E-state index contributed by atoms with van der Waals surface area (Å²) in [5.41, 5.74) is 1.17. The van der Waals surface area contributed by atoms with E-state index in [-0.39, 0.29) is 16.5 Å². The summed E-state index contributed by atoms with van der Waals surface area (Å²) in [7, 11) is 0. The number of esters is 1. The number of Topliss-reactive ketones (excluding diaryl/α,β-unsaturated/α-hetero) is 1. The average Bonchev–Trinajstić information content (AvgIpc) is 3.10. The summed E-state index contributed by atoms with van der Waals surface area (Å²) in [5, 5.41) is 11.3. The van der Waals surface area contributed by atoms with Gasteiger partial charge in [-0.2, -0.15) is 0 Å². The Morgan fingerprint density at radius 3 is 2.59 bits per heavy atom. The second-order valence-corrected chi connectivity index (χ2v) is 7.03. The van der Waals surface area contributed by atoms with Gasteiger partial charge in [-0.15, -0.1) is 0 Å². The number of carbonyl (C=O) groups is 3. The summed E-state index contributed by atoms with van der Waals surface area (Å²) in [4.78, 5) is 48.7. The Bertz CT molecular complexity index is 1040. The summed E-state index contributed by atoms with van der Waals surface area (Å²) in [6, 6.07) is 8.50. The van der Waals surface area contributed by atoms with E-state index >= 15 is 0 Å². The highest BCUT2D eigenvalue weighted by Gasteiger charge is 2.28. The number of anilines is 1. The highest BCUT2D eigenvalue weighted by molar-refractivity contribution is 6.31. The van der Waals surface area contributed by atoms with E-state index < -0.39 is 28.5 Å². The molecule has 0 bridgehead atoms. The first-order valence-corrected chi connectivity index (χ1v) is 9.17. The predicted molar refractivity (Wildman–Crippen MR) is 105 cm³/mol.